The quantitative estimate of drug-likeness (QED) is 0.149. The molecule has 8 atom stereocenters. The SMILES string of the molecule is C=CCCC(=O)N[C@@H](COC)[C@@H](OC(=O)[C@@H]1[C@H]2O[C@@]3(CC2Br)[C@H](C(=O)N(CC=C)c2ccc(Cl)cc2)N(CCO)C(=O)[C@@H]13)c1ccccc1. The number of aliphatic hydroxyl groups excluding tert-OH is 1. The van der Waals surface area contributed by atoms with E-state index in [1.807, 2.05) is 6.07 Å². The van der Waals surface area contributed by atoms with Crippen LogP contribution in [0.25, 0.3) is 0 Å². The molecule has 0 radical (unpaired) electrons. The number of allylic oxidation sites excluding steroid dienone is 1. The molecule has 2 aromatic rings. The first-order valence-electron chi connectivity index (χ1n) is 16.2. The number of anilines is 1. The molecule has 3 saturated heterocycles. The van der Waals surface area contributed by atoms with Crippen LogP contribution in [-0.2, 0) is 33.4 Å². The standard InChI is InChI=1S/C36H41BrClN3O8/c1-4-6-12-27(43)39-26(21-47-3)30(22-10-8-7-9-11-22)48-35(46)28-29-33(44)41(18-19-42)32(36(29)20-25(37)31(28)49-36)34(45)40(17-5-2)24-15-13-23(38)14-16-24/h4-5,7-11,13-16,25-26,28-32,42H,1-2,6,12,17-21H2,3H3,(H,39,43)/t25?,26-,28-,29+,30-,31-,32-,36+/m0/s1. The van der Waals surface area contributed by atoms with Crippen molar-refractivity contribution in [3.8, 4) is 0 Å². The molecule has 11 nitrogen and oxygen atoms in total. The molecular weight excluding hydrogens is 718 g/mol. The van der Waals surface area contributed by atoms with E-state index in [0.29, 0.717) is 22.7 Å². The Hall–Kier alpha value is -3.55. The van der Waals surface area contributed by atoms with Crippen LogP contribution in [-0.4, -0.2) is 95.7 Å². The van der Waals surface area contributed by atoms with Gasteiger partial charge in [0.1, 0.15) is 17.7 Å². The van der Waals surface area contributed by atoms with Crippen LogP contribution in [0.1, 0.15) is 30.9 Å². The number of alkyl halides is 1. The zero-order valence-corrected chi connectivity index (χ0v) is 29.6. The van der Waals surface area contributed by atoms with Gasteiger partial charge in [0.15, 0.2) is 0 Å². The van der Waals surface area contributed by atoms with E-state index < -0.39 is 66.1 Å². The second kappa shape index (κ2) is 16.0. The summed E-state index contributed by atoms with van der Waals surface area (Å²) in [6.45, 7) is 7.11. The van der Waals surface area contributed by atoms with Gasteiger partial charge in [0.05, 0.1) is 37.2 Å². The van der Waals surface area contributed by atoms with Gasteiger partial charge in [0, 0.05) is 42.2 Å². The maximum atomic E-state index is 14.6. The first-order valence-corrected chi connectivity index (χ1v) is 17.5. The number of likely N-dealkylation sites (tertiary alicyclic amines) is 1. The lowest BCUT2D eigenvalue weighted by Gasteiger charge is -2.37. The zero-order valence-electron chi connectivity index (χ0n) is 27.2. The third-order valence-corrected chi connectivity index (χ3v) is 10.5. The highest BCUT2D eigenvalue weighted by molar-refractivity contribution is 9.09. The van der Waals surface area contributed by atoms with Gasteiger partial charge in [-0.2, -0.15) is 0 Å². The fraction of sp³-hybridized carbons (Fsp3) is 0.444. The van der Waals surface area contributed by atoms with Crippen LogP contribution in [0.3, 0.4) is 0 Å². The number of methoxy groups -OCH3 is 1. The number of fused-ring (bicyclic) bond motifs is 1. The lowest BCUT2D eigenvalue weighted by molar-refractivity contribution is -0.163. The van der Waals surface area contributed by atoms with Crippen LogP contribution in [0.5, 0.6) is 0 Å². The number of hydrogen-bond donors (Lipinski definition) is 2. The first kappa shape index (κ1) is 36.7. The second-order valence-electron chi connectivity index (χ2n) is 12.4. The normalized spacial score (nSPS) is 26.5. The molecule has 3 fully saturated rings. The van der Waals surface area contributed by atoms with Crippen LogP contribution in [0.2, 0.25) is 5.02 Å². The fourth-order valence-electron chi connectivity index (χ4n) is 7.37. The molecule has 3 heterocycles. The highest BCUT2D eigenvalue weighted by atomic mass is 79.9. The molecule has 3 aliphatic rings. The Morgan fingerprint density at radius 2 is 1.90 bits per heavy atom. The average Bonchev–Trinajstić information content (AvgIpc) is 3.69. The van der Waals surface area contributed by atoms with Crippen molar-refractivity contribution in [3.63, 3.8) is 0 Å². The number of halogens is 2. The summed E-state index contributed by atoms with van der Waals surface area (Å²) < 4.78 is 18.3. The van der Waals surface area contributed by atoms with Crippen molar-refractivity contribution in [3.05, 3.63) is 90.5 Å². The van der Waals surface area contributed by atoms with E-state index >= 15 is 0 Å². The molecule has 0 saturated carbocycles. The summed E-state index contributed by atoms with van der Waals surface area (Å²) in [6.07, 6.45) is 2.39. The van der Waals surface area contributed by atoms with Crippen molar-refractivity contribution in [2.75, 3.05) is 38.3 Å². The van der Waals surface area contributed by atoms with Crippen molar-refractivity contribution >= 4 is 56.9 Å². The van der Waals surface area contributed by atoms with Crippen molar-refractivity contribution in [2.45, 2.75) is 54.0 Å². The molecule has 49 heavy (non-hydrogen) atoms. The summed E-state index contributed by atoms with van der Waals surface area (Å²) in [5.41, 5.74) is -0.230. The molecule has 3 amide bonds. The minimum absolute atomic E-state index is 0.0370. The van der Waals surface area contributed by atoms with E-state index in [1.54, 1.807) is 60.7 Å². The van der Waals surface area contributed by atoms with Gasteiger partial charge in [-0.25, -0.2) is 0 Å². The summed E-state index contributed by atoms with van der Waals surface area (Å²) in [5.74, 6) is -4.03. The Morgan fingerprint density at radius 3 is 2.53 bits per heavy atom. The molecule has 262 valence electrons. The Kier molecular flexibility index (Phi) is 12.0. The van der Waals surface area contributed by atoms with Crippen molar-refractivity contribution in [1.29, 1.82) is 0 Å². The van der Waals surface area contributed by atoms with E-state index in [1.165, 1.54) is 16.9 Å². The lowest BCUT2D eigenvalue weighted by atomic mass is 9.70. The van der Waals surface area contributed by atoms with Crippen molar-refractivity contribution < 1.29 is 38.5 Å². The van der Waals surface area contributed by atoms with E-state index in [9.17, 15) is 24.3 Å². The first-order chi connectivity index (χ1) is 23.6. The molecule has 1 unspecified atom stereocenters. The number of nitrogens with one attached hydrogen (secondary N) is 1. The Balaban J connectivity index is 1.50. The van der Waals surface area contributed by atoms with E-state index in [2.05, 4.69) is 34.4 Å². The molecule has 2 aromatic carbocycles. The van der Waals surface area contributed by atoms with Crippen LogP contribution in [0, 0.1) is 11.8 Å². The Labute approximate surface area is 299 Å². The number of carbonyl (C=O) groups is 4. The molecule has 0 aromatic heterocycles. The molecule has 2 N–H and O–H groups in total. The monoisotopic (exact) mass is 757 g/mol. The van der Waals surface area contributed by atoms with Gasteiger partial charge in [-0.3, -0.25) is 19.2 Å². The number of β-amino-alcohol motifs (C(OH)–C–C–N with tert-alkyl or cyclic N) is 1. The summed E-state index contributed by atoms with van der Waals surface area (Å²) >= 11 is 9.80. The second-order valence-corrected chi connectivity index (χ2v) is 14.0. The van der Waals surface area contributed by atoms with E-state index in [4.69, 9.17) is 25.8 Å². The minimum atomic E-state index is -1.38. The molecule has 1 spiro atoms. The third-order valence-electron chi connectivity index (χ3n) is 9.36. The van der Waals surface area contributed by atoms with E-state index in [0.717, 1.165) is 0 Å². The average molecular weight is 759 g/mol. The minimum Gasteiger partial charge on any atom is -0.455 e. The zero-order chi connectivity index (χ0) is 35.3. The van der Waals surface area contributed by atoms with Gasteiger partial charge < -0.3 is 34.4 Å². The summed E-state index contributed by atoms with van der Waals surface area (Å²) in [5, 5.41) is 13.5. The predicted molar refractivity (Wildman–Crippen MR) is 187 cm³/mol. The smallest absolute Gasteiger partial charge is 0.313 e. The fourth-order valence-corrected chi connectivity index (χ4v) is 8.44. The number of aliphatic hydroxyl groups is 1. The summed E-state index contributed by atoms with van der Waals surface area (Å²) in [4.78, 5) is 58.5. The number of esters is 1. The molecule has 13 heteroatoms. The van der Waals surface area contributed by atoms with E-state index in [-0.39, 0.29) is 43.3 Å². The maximum Gasteiger partial charge on any atom is 0.313 e. The van der Waals surface area contributed by atoms with Gasteiger partial charge in [-0.05, 0) is 42.7 Å². The number of rotatable bonds is 16. The van der Waals surface area contributed by atoms with Crippen molar-refractivity contribution in [2.24, 2.45) is 11.8 Å². The number of nitrogens with zero attached hydrogens (tertiary/aromatic N) is 2. The summed E-state index contributed by atoms with van der Waals surface area (Å²) in [7, 11) is 1.49. The van der Waals surface area contributed by atoms with Crippen LogP contribution >= 0.6 is 27.5 Å². The Morgan fingerprint density at radius 1 is 1.18 bits per heavy atom. The lowest BCUT2D eigenvalue weighted by Crippen LogP contribution is -2.57. The number of hydrogen-bond acceptors (Lipinski definition) is 8. The summed E-state index contributed by atoms with van der Waals surface area (Å²) in [6, 6.07) is 13.8. The number of benzene rings is 2. The number of amides is 3. The molecule has 3 aliphatic heterocycles. The van der Waals surface area contributed by atoms with Gasteiger partial charge >= 0.3 is 5.97 Å². The van der Waals surface area contributed by atoms with Crippen LogP contribution in [0.4, 0.5) is 5.69 Å². The number of carbonyl (C=O) groups excluding carboxylic acids is 4. The molecular formula is C36H41BrClN3O8. The molecule has 0 aliphatic carbocycles. The molecule has 5 rings (SSSR count). The predicted octanol–water partition coefficient (Wildman–Crippen LogP) is 3.98. The van der Waals surface area contributed by atoms with Crippen molar-refractivity contribution in [1.82, 2.24) is 10.2 Å². The van der Waals surface area contributed by atoms with Gasteiger partial charge in [0.25, 0.3) is 5.91 Å². The van der Waals surface area contributed by atoms with Crippen LogP contribution < -0.4 is 10.2 Å². The highest BCUT2D eigenvalue weighted by Crippen LogP contribution is 2.60. The van der Waals surface area contributed by atoms with Crippen LogP contribution in [0.15, 0.2) is 79.9 Å². The largest absolute Gasteiger partial charge is 0.455 e. The van der Waals surface area contributed by atoms with Gasteiger partial charge in [0.2, 0.25) is 11.8 Å². The van der Waals surface area contributed by atoms with Gasteiger partial charge in [-0.15, -0.1) is 13.2 Å². The number of ether oxygens (including phenoxy) is 3. The van der Waals surface area contributed by atoms with Gasteiger partial charge in [-0.1, -0.05) is 70.0 Å². The third kappa shape index (κ3) is 7.20. The topological polar surface area (TPSA) is 135 Å². The maximum absolute atomic E-state index is 14.6. The Bertz CT molecular complexity index is 1540. The molecule has 2 bridgehead atoms. The highest BCUT2D eigenvalue weighted by Gasteiger charge is 2.77.